The molecule has 30 heavy (non-hydrogen) atoms. The van der Waals surface area contributed by atoms with Gasteiger partial charge in [-0.15, -0.1) is 0 Å². The van der Waals surface area contributed by atoms with E-state index in [-0.39, 0.29) is 12.0 Å². The second-order valence-electron chi connectivity index (χ2n) is 7.47. The summed E-state index contributed by atoms with van der Waals surface area (Å²) in [7, 11) is 0. The van der Waals surface area contributed by atoms with Crippen LogP contribution in [0.1, 0.15) is 23.2 Å². The van der Waals surface area contributed by atoms with Crippen LogP contribution in [0.3, 0.4) is 0 Å². The highest BCUT2D eigenvalue weighted by molar-refractivity contribution is 5.76. The number of ether oxygens (including phenoxy) is 1. The van der Waals surface area contributed by atoms with Crippen LogP contribution in [-0.4, -0.2) is 56.4 Å². The normalized spacial score (nSPS) is 17.0. The summed E-state index contributed by atoms with van der Waals surface area (Å²) < 4.78 is 7.44. The van der Waals surface area contributed by atoms with Crippen molar-refractivity contribution in [1.82, 2.24) is 30.0 Å². The average molecular weight is 406 g/mol. The van der Waals surface area contributed by atoms with Crippen molar-refractivity contribution in [2.75, 3.05) is 19.7 Å². The van der Waals surface area contributed by atoms with Crippen molar-refractivity contribution in [2.24, 2.45) is 0 Å². The van der Waals surface area contributed by atoms with Crippen molar-refractivity contribution < 1.29 is 9.53 Å². The molecular weight excluding hydrogens is 380 g/mol. The van der Waals surface area contributed by atoms with E-state index in [1.807, 2.05) is 37.3 Å². The van der Waals surface area contributed by atoms with Gasteiger partial charge in [-0.3, -0.25) is 9.69 Å². The molecule has 1 N–H and O–H groups in total. The molecule has 0 aliphatic carbocycles. The van der Waals surface area contributed by atoms with Gasteiger partial charge in [-0.25, -0.2) is 14.6 Å². The number of carbonyl (C=O) groups excluding carboxylic acids is 1. The highest BCUT2D eigenvalue weighted by atomic mass is 16.5. The van der Waals surface area contributed by atoms with E-state index < -0.39 is 0 Å². The minimum atomic E-state index is -0.103. The number of aromatic nitrogens is 4. The Hall–Kier alpha value is -3.10. The Morgan fingerprint density at radius 2 is 2.10 bits per heavy atom. The quantitative estimate of drug-likeness (QED) is 0.645. The number of morpholine rings is 1. The summed E-state index contributed by atoms with van der Waals surface area (Å²) in [5, 5.41) is 7.15. The lowest BCUT2D eigenvalue weighted by Crippen LogP contribution is -2.44. The number of nitrogens with zero attached hydrogens (tertiary/aromatic N) is 5. The first kappa shape index (κ1) is 20.2. The van der Waals surface area contributed by atoms with Crippen LogP contribution >= 0.6 is 0 Å². The lowest BCUT2D eigenvalue weighted by Gasteiger charge is -2.32. The predicted octanol–water partition coefficient (Wildman–Crippen LogP) is 1.88. The standard InChI is InChI=1S/C22H26N6O2/c1-17-7-8-19(22(26-17)28-16-23-15-25-28)12-24-21(29)11-20-14-27(9-10-30-20)13-18-5-3-2-4-6-18/h2-8,15-16,20H,9-14H2,1H3,(H,24,29). The smallest absolute Gasteiger partial charge is 0.222 e. The Labute approximate surface area is 175 Å². The highest BCUT2D eigenvalue weighted by Crippen LogP contribution is 2.14. The summed E-state index contributed by atoms with van der Waals surface area (Å²) in [6.45, 7) is 5.44. The summed E-state index contributed by atoms with van der Waals surface area (Å²) in [6.07, 6.45) is 3.30. The summed E-state index contributed by atoms with van der Waals surface area (Å²) >= 11 is 0. The minimum absolute atomic E-state index is 0.0355. The number of aryl methyl sites for hydroxylation is 1. The van der Waals surface area contributed by atoms with Crippen LogP contribution < -0.4 is 5.32 Å². The number of amides is 1. The van der Waals surface area contributed by atoms with Gasteiger partial charge >= 0.3 is 0 Å². The number of hydrogen-bond donors (Lipinski definition) is 1. The molecule has 1 atom stereocenters. The number of rotatable bonds is 7. The fourth-order valence-corrected chi connectivity index (χ4v) is 3.59. The molecule has 0 saturated carbocycles. The zero-order chi connectivity index (χ0) is 20.8. The molecule has 3 heterocycles. The van der Waals surface area contributed by atoms with Gasteiger partial charge in [-0.2, -0.15) is 5.10 Å². The zero-order valence-electron chi connectivity index (χ0n) is 17.1. The van der Waals surface area contributed by atoms with E-state index in [1.54, 1.807) is 11.0 Å². The molecule has 1 aromatic carbocycles. The van der Waals surface area contributed by atoms with Crippen molar-refractivity contribution in [2.45, 2.75) is 32.5 Å². The van der Waals surface area contributed by atoms with Gasteiger partial charge in [0.05, 0.1) is 19.1 Å². The molecule has 8 heteroatoms. The number of benzene rings is 1. The maximum atomic E-state index is 12.5. The van der Waals surface area contributed by atoms with Gasteiger partial charge in [-0.1, -0.05) is 36.4 Å². The van der Waals surface area contributed by atoms with Crippen molar-refractivity contribution in [3.8, 4) is 5.82 Å². The topological polar surface area (TPSA) is 85.2 Å². The maximum absolute atomic E-state index is 12.5. The first-order valence-electron chi connectivity index (χ1n) is 10.1. The van der Waals surface area contributed by atoms with Crippen molar-refractivity contribution >= 4 is 5.91 Å². The summed E-state index contributed by atoms with van der Waals surface area (Å²) in [5.41, 5.74) is 3.04. The molecule has 1 saturated heterocycles. The molecule has 4 rings (SSSR count). The van der Waals surface area contributed by atoms with Gasteiger partial charge in [0.1, 0.15) is 12.7 Å². The summed E-state index contributed by atoms with van der Waals surface area (Å²) in [6, 6.07) is 14.3. The summed E-state index contributed by atoms with van der Waals surface area (Å²) in [5.74, 6) is 0.641. The molecular formula is C22H26N6O2. The van der Waals surface area contributed by atoms with E-state index in [4.69, 9.17) is 4.74 Å². The molecule has 0 radical (unpaired) electrons. The molecule has 1 aliphatic heterocycles. The third-order valence-electron chi connectivity index (χ3n) is 5.09. The Morgan fingerprint density at radius 3 is 2.90 bits per heavy atom. The number of nitrogens with one attached hydrogen (secondary N) is 1. The zero-order valence-corrected chi connectivity index (χ0v) is 17.1. The number of carbonyl (C=O) groups is 1. The van der Waals surface area contributed by atoms with Gasteiger partial charge in [0.15, 0.2) is 5.82 Å². The SMILES string of the molecule is Cc1ccc(CNC(=O)CC2CN(Cc3ccccc3)CCO2)c(-n2cncn2)n1. The Balaban J connectivity index is 1.31. The van der Waals surface area contributed by atoms with E-state index in [1.165, 1.54) is 11.9 Å². The molecule has 1 amide bonds. The second kappa shape index (κ2) is 9.60. The minimum Gasteiger partial charge on any atom is -0.375 e. The van der Waals surface area contributed by atoms with Crippen molar-refractivity contribution in [3.63, 3.8) is 0 Å². The van der Waals surface area contributed by atoms with E-state index in [0.29, 0.717) is 25.4 Å². The molecule has 0 bridgehead atoms. The predicted molar refractivity (Wildman–Crippen MR) is 112 cm³/mol. The van der Waals surface area contributed by atoms with Gasteiger partial charge in [0.25, 0.3) is 0 Å². The molecule has 156 valence electrons. The fraction of sp³-hybridized carbons (Fsp3) is 0.364. The molecule has 1 fully saturated rings. The lowest BCUT2D eigenvalue weighted by molar-refractivity contribution is -0.126. The Morgan fingerprint density at radius 1 is 1.23 bits per heavy atom. The molecule has 8 nitrogen and oxygen atoms in total. The molecule has 0 spiro atoms. The van der Waals surface area contributed by atoms with Crippen molar-refractivity contribution in [3.05, 3.63) is 71.9 Å². The van der Waals surface area contributed by atoms with Gasteiger partial charge in [-0.05, 0) is 18.6 Å². The van der Waals surface area contributed by atoms with Gasteiger partial charge in [0.2, 0.25) is 5.91 Å². The van der Waals surface area contributed by atoms with Crippen LogP contribution in [0.25, 0.3) is 5.82 Å². The first-order valence-corrected chi connectivity index (χ1v) is 10.1. The Kier molecular flexibility index (Phi) is 6.46. The highest BCUT2D eigenvalue weighted by Gasteiger charge is 2.23. The second-order valence-corrected chi connectivity index (χ2v) is 7.47. The molecule has 1 aliphatic rings. The lowest BCUT2D eigenvalue weighted by atomic mass is 10.1. The van der Waals surface area contributed by atoms with Crippen molar-refractivity contribution in [1.29, 1.82) is 0 Å². The largest absolute Gasteiger partial charge is 0.375 e. The third kappa shape index (κ3) is 5.28. The summed E-state index contributed by atoms with van der Waals surface area (Å²) in [4.78, 5) is 23.4. The number of pyridine rings is 1. The average Bonchev–Trinajstić information content (AvgIpc) is 3.29. The molecule has 2 aromatic heterocycles. The van der Waals surface area contributed by atoms with Crippen LogP contribution in [0.2, 0.25) is 0 Å². The fourth-order valence-electron chi connectivity index (χ4n) is 3.59. The molecule has 3 aromatic rings. The number of hydrogen-bond acceptors (Lipinski definition) is 6. The van der Waals surface area contributed by atoms with E-state index in [0.717, 1.165) is 30.9 Å². The third-order valence-corrected chi connectivity index (χ3v) is 5.09. The van der Waals surface area contributed by atoms with Crippen LogP contribution in [0.15, 0.2) is 55.1 Å². The van der Waals surface area contributed by atoms with Crippen LogP contribution in [0.4, 0.5) is 0 Å². The molecule has 1 unspecified atom stereocenters. The monoisotopic (exact) mass is 406 g/mol. The van der Waals surface area contributed by atoms with Crippen LogP contribution in [0.5, 0.6) is 0 Å². The van der Waals surface area contributed by atoms with E-state index in [2.05, 4.69) is 37.4 Å². The van der Waals surface area contributed by atoms with Crippen LogP contribution in [0, 0.1) is 6.92 Å². The maximum Gasteiger partial charge on any atom is 0.222 e. The van der Waals surface area contributed by atoms with Gasteiger partial charge in [0, 0.05) is 37.4 Å². The van der Waals surface area contributed by atoms with E-state index in [9.17, 15) is 4.79 Å². The van der Waals surface area contributed by atoms with E-state index >= 15 is 0 Å². The first-order chi connectivity index (χ1) is 14.7. The Bertz CT molecular complexity index is 961. The van der Waals surface area contributed by atoms with Crippen LogP contribution in [-0.2, 0) is 22.6 Å². The van der Waals surface area contributed by atoms with Gasteiger partial charge < -0.3 is 10.1 Å².